The summed E-state index contributed by atoms with van der Waals surface area (Å²) in [5.41, 5.74) is 8.28. The van der Waals surface area contributed by atoms with Crippen LogP contribution in [0.25, 0.3) is 10.9 Å². The summed E-state index contributed by atoms with van der Waals surface area (Å²) in [4.78, 5) is 11.7. The van der Waals surface area contributed by atoms with Gasteiger partial charge in [0.2, 0.25) is 5.78 Å². The summed E-state index contributed by atoms with van der Waals surface area (Å²) in [6, 6.07) is 7.64. The lowest BCUT2D eigenvalue weighted by Gasteiger charge is -2.02. The van der Waals surface area contributed by atoms with Gasteiger partial charge in [0.05, 0.1) is 11.2 Å². The Bertz CT molecular complexity index is 574. The molecule has 2 aromatic rings. The van der Waals surface area contributed by atoms with Crippen molar-refractivity contribution in [3.63, 3.8) is 0 Å². The normalized spacial score (nSPS) is 10.6. The molecule has 0 saturated carbocycles. The van der Waals surface area contributed by atoms with Gasteiger partial charge >= 0.3 is 0 Å². The Balaban J connectivity index is 2.65. The molecule has 0 aliphatic heterocycles. The summed E-state index contributed by atoms with van der Waals surface area (Å²) in [5.74, 6) is -0.138. The third kappa shape index (κ3) is 1.67. The number of aromatic nitrogens is 1. The quantitative estimate of drug-likeness (QED) is 0.681. The second-order valence-corrected chi connectivity index (χ2v) is 4.36. The molecule has 0 fully saturated rings. The highest BCUT2D eigenvalue weighted by Gasteiger charge is 2.14. The predicted molar refractivity (Wildman–Crippen MR) is 65.0 cm³/mol. The van der Waals surface area contributed by atoms with Gasteiger partial charge in [-0.25, -0.2) is 5.53 Å². The van der Waals surface area contributed by atoms with Crippen molar-refractivity contribution >= 4 is 32.6 Å². The van der Waals surface area contributed by atoms with Crippen LogP contribution in [0.1, 0.15) is 10.5 Å². The maximum absolute atomic E-state index is 11.7. The van der Waals surface area contributed by atoms with Crippen molar-refractivity contribution in [3.8, 4) is 0 Å². The molecule has 2 rings (SSSR count). The number of hydrogen-bond acceptors (Lipinski definition) is 3. The van der Waals surface area contributed by atoms with Crippen LogP contribution < -0.4 is 0 Å². The van der Waals surface area contributed by atoms with E-state index in [4.69, 9.17) is 5.53 Å². The Morgan fingerprint density at radius 3 is 2.94 bits per heavy atom. The van der Waals surface area contributed by atoms with E-state index in [0.29, 0.717) is 5.69 Å². The molecule has 0 aliphatic rings. The zero-order valence-electron chi connectivity index (χ0n) is 8.70. The smallest absolute Gasteiger partial charge is 0.202 e. The van der Waals surface area contributed by atoms with Crippen molar-refractivity contribution in [2.75, 3.05) is 6.54 Å². The number of nitrogens with one attached hydrogen (secondary N) is 1. The zero-order chi connectivity index (χ0) is 11.7. The molecule has 0 bridgehead atoms. The molecule has 0 spiro atoms. The average Bonchev–Trinajstić information content (AvgIpc) is 2.58. The fourth-order valence-corrected chi connectivity index (χ4v) is 2.43. The molecule has 82 valence electrons. The van der Waals surface area contributed by atoms with Crippen molar-refractivity contribution < 1.29 is 4.79 Å². The van der Waals surface area contributed by atoms with Gasteiger partial charge < -0.3 is 4.57 Å². The summed E-state index contributed by atoms with van der Waals surface area (Å²) < 4.78 is 2.78. The van der Waals surface area contributed by atoms with Crippen LogP contribution in [0, 0.1) is 5.53 Å². The first-order chi connectivity index (χ1) is 7.65. The van der Waals surface area contributed by atoms with Gasteiger partial charge in [-0.05, 0) is 28.1 Å². The van der Waals surface area contributed by atoms with E-state index in [2.05, 4.69) is 21.0 Å². The SMILES string of the molecule is Cn1c(C(=O)CN=N)cc2cccc(Br)c21. The molecular formula is C11H10BrN3O. The number of carbonyl (C=O) groups excluding carboxylic acids is 1. The van der Waals surface area contributed by atoms with Gasteiger partial charge in [-0.2, -0.15) is 5.11 Å². The lowest BCUT2D eigenvalue weighted by atomic mass is 10.2. The molecule has 5 heteroatoms. The molecule has 0 atom stereocenters. The van der Waals surface area contributed by atoms with Crippen molar-refractivity contribution in [3.05, 3.63) is 34.4 Å². The highest BCUT2D eigenvalue weighted by molar-refractivity contribution is 9.10. The van der Waals surface area contributed by atoms with Gasteiger partial charge in [-0.15, -0.1) is 0 Å². The number of para-hydroxylation sites is 1. The number of rotatable bonds is 3. The second-order valence-electron chi connectivity index (χ2n) is 3.51. The number of nitrogens with zero attached hydrogens (tertiary/aromatic N) is 2. The van der Waals surface area contributed by atoms with Crippen molar-refractivity contribution in [1.29, 1.82) is 5.53 Å². The van der Waals surface area contributed by atoms with Gasteiger partial charge in [-0.1, -0.05) is 12.1 Å². The zero-order valence-corrected chi connectivity index (χ0v) is 10.3. The fraction of sp³-hybridized carbons (Fsp3) is 0.182. The lowest BCUT2D eigenvalue weighted by molar-refractivity contribution is 0.0992. The first kappa shape index (κ1) is 11.0. The van der Waals surface area contributed by atoms with E-state index < -0.39 is 0 Å². The molecular weight excluding hydrogens is 270 g/mol. The van der Waals surface area contributed by atoms with E-state index >= 15 is 0 Å². The van der Waals surface area contributed by atoms with Gasteiger partial charge in [0.25, 0.3) is 0 Å². The maximum atomic E-state index is 11.7. The monoisotopic (exact) mass is 279 g/mol. The summed E-state index contributed by atoms with van der Waals surface area (Å²) in [5, 5.41) is 4.13. The van der Waals surface area contributed by atoms with Gasteiger partial charge in [0, 0.05) is 16.9 Å². The van der Waals surface area contributed by atoms with Gasteiger partial charge in [0.15, 0.2) is 0 Å². The number of Topliss-reactive ketones (excluding diaryl/α,β-unsaturated/α-hetero) is 1. The third-order valence-electron chi connectivity index (χ3n) is 2.52. The summed E-state index contributed by atoms with van der Waals surface area (Å²) in [6.45, 7) is -0.0955. The van der Waals surface area contributed by atoms with E-state index in [1.165, 1.54) is 0 Å². The molecule has 0 saturated heterocycles. The first-order valence-electron chi connectivity index (χ1n) is 4.75. The minimum atomic E-state index is -0.138. The molecule has 1 aromatic heterocycles. The minimum absolute atomic E-state index is 0.0955. The van der Waals surface area contributed by atoms with Crippen LogP contribution in [0.3, 0.4) is 0 Å². The molecule has 1 aromatic carbocycles. The summed E-state index contributed by atoms with van der Waals surface area (Å²) in [7, 11) is 1.84. The molecule has 4 nitrogen and oxygen atoms in total. The third-order valence-corrected chi connectivity index (χ3v) is 3.16. The number of aryl methyl sites for hydroxylation is 1. The molecule has 1 N–H and O–H groups in total. The highest BCUT2D eigenvalue weighted by atomic mass is 79.9. The summed E-state index contributed by atoms with van der Waals surface area (Å²) >= 11 is 3.46. The number of fused-ring (bicyclic) bond motifs is 1. The Hall–Kier alpha value is -1.49. The Labute approximate surface area is 101 Å². The number of ketones is 1. The van der Waals surface area contributed by atoms with E-state index in [-0.39, 0.29) is 12.3 Å². The number of halogens is 1. The highest BCUT2D eigenvalue weighted by Crippen LogP contribution is 2.26. The lowest BCUT2D eigenvalue weighted by Crippen LogP contribution is -2.08. The van der Waals surface area contributed by atoms with Crippen molar-refractivity contribution in [2.45, 2.75) is 0 Å². The van der Waals surface area contributed by atoms with E-state index in [1.54, 1.807) is 0 Å². The molecule has 0 radical (unpaired) electrons. The number of carbonyl (C=O) groups is 1. The van der Waals surface area contributed by atoms with Crippen LogP contribution in [0.15, 0.2) is 33.9 Å². The number of benzene rings is 1. The second kappa shape index (κ2) is 4.17. The maximum Gasteiger partial charge on any atom is 0.202 e. The molecule has 0 unspecified atom stereocenters. The molecule has 0 aliphatic carbocycles. The molecule has 16 heavy (non-hydrogen) atoms. The fourth-order valence-electron chi connectivity index (χ4n) is 1.79. The van der Waals surface area contributed by atoms with Crippen molar-refractivity contribution in [1.82, 2.24) is 4.57 Å². The Kier molecular flexibility index (Phi) is 2.87. The first-order valence-corrected chi connectivity index (χ1v) is 5.55. The van der Waals surface area contributed by atoms with Gasteiger partial charge in [0.1, 0.15) is 6.54 Å². The van der Waals surface area contributed by atoms with E-state index in [0.717, 1.165) is 15.4 Å². The topological polar surface area (TPSA) is 58.2 Å². The van der Waals surface area contributed by atoms with Crippen LogP contribution >= 0.6 is 15.9 Å². The van der Waals surface area contributed by atoms with E-state index in [1.807, 2.05) is 35.9 Å². The minimum Gasteiger partial charge on any atom is -0.340 e. The summed E-state index contributed by atoms with van der Waals surface area (Å²) in [6.07, 6.45) is 0. The van der Waals surface area contributed by atoms with Crippen LogP contribution in [-0.2, 0) is 7.05 Å². The van der Waals surface area contributed by atoms with E-state index in [9.17, 15) is 4.79 Å². The van der Waals surface area contributed by atoms with Crippen LogP contribution in [0.4, 0.5) is 0 Å². The van der Waals surface area contributed by atoms with Gasteiger partial charge in [-0.3, -0.25) is 4.79 Å². The van der Waals surface area contributed by atoms with Crippen LogP contribution in [-0.4, -0.2) is 16.9 Å². The number of hydrogen-bond donors (Lipinski definition) is 1. The molecule has 0 amide bonds. The predicted octanol–water partition coefficient (Wildman–Crippen LogP) is 3.15. The average molecular weight is 280 g/mol. The Morgan fingerprint density at radius 1 is 1.56 bits per heavy atom. The standard InChI is InChI=1S/C11H10BrN3O/c1-15-9(10(16)6-14-13)5-7-3-2-4-8(12)11(7)15/h2-5,13H,6H2,1H3. The van der Waals surface area contributed by atoms with Crippen LogP contribution in [0.5, 0.6) is 0 Å². The largest absolute Gasteiger partial charge is 0.340 e. The van der Waals surface area contributed by atoms with Crippen LogP contribution in [0.2, 0.25) is 0 Å². The van der Waals surface area contributed by atoms with Crippen molar-refractivity contribution in [2.24, 2.45) is 12.2 Å². The molecule has 1 heterocycles. The Morgan fingerprint density at radius 2 is 2.31 bits per heavy atom.